The van der Waals surface area contributed by atoms with Crippen LogP contribution in [0.4, 0.5) is 0 Å². The largest absolute Gasteiger partial charge is 0.616 e. The van der Waals surface area contributed by atoms with Crippen molar-refractivity contribution in [1.82, 2.24) is 14.8 Å². The van der Waals surface area contributed by atoms with E-state index >= 15 is 0 Å². The average Bonchev–Trinajstić information content (AvgIpc) is 2.90. The molecule has 2 aromatic rings. The standard InChI is InChI=1S/C14H17Cl2N3O2S/c1-13(2,22(3)21)14(20,7-19-9-17-8-18-19)11-5-4-10(15)6-12(11)16/h4-6,8-9,20H,7H2,1-3H3. The predicted molar refractivity (Wildman–Crippen MR) is 88.5 cm³/mol. The second kappa shape index (κ2) is 6.37. The SMILES string of the molecule is C[S+]([O-])C(C)(C)C(O)(Cn1cncn1)c1ccc(Cl)cc1Cl. The molecular weight excluding hydrogens is 345 g/mol. The van der Waals surface area contributed by atoms with E-state index in [2.05, 4.69) is 10.1 Å². The lowest BCUT2D eigenvalue weighted by molar-refractivity contribution is -0.0168. The molecule has 0 saturated heterocycles. The molecule has 0 amide bonds. The van der Waals surface area contributed by atoms with E-state index in [-0.39, 0.29) is 6.54 Å². The molecule has 2 rings (SSSR count). The first kappa shape index (κ1) is 17.6. The summed E-state index contributed by atoms with van der Waals surface area (Å²) < 4.78 is 12.7. The summed E-state index contributed by atoms with van der Waals surface area (Å²) in [6.07, 6.45) is 4.42. The number of aliphatic hydroxyl groups is 1. The van der Waals surface area contributed by atoms with Crippen molar-refractivity contribution in [3.05, 3.63) is 46.5 Å². The molecule has 1 heterocycles. The molecule has 0 saturated carbocycles. The quantitative estimate of drug-likeness (QED) is 0.830. The molecule has 0 aliphatic rings. The lowest BCUT2D eigenvalue weighted by Crippen LogP contribution is -2.55. The van der Waals surface area contributed by atoms with Gasteiger partial charge in [0.05, 0.1) is 12.8 Å². The normalized spacial score (nSPS) is 16.3. The van der Waals surface area contributed by atoms with Crippen LogP contribution in [0, 0.1) is 0 Å². The number of nitrogens with zero attached hydrogens (tertiary/aromatic N) is 3. The van der Waals surface area contributed by atoms with E-state index in [9.17, 15) is 9.66 Å². The summed E-state index contributed by atoms with van der Waals surface area (Å²) in [5.74, 6) is 0. The fourth-order valence-corrected chi connectivity index (χ4v) is 3.43. The molecule has 120 valence electrons. The first-order valence-corrected chi connectivity index (χ1v) is 8.84. The van der Waals surface area contributed by atoms with Gasteiger partial charge < -0.3 is 9.66 Å². The van der Waals surface area contributed by atoms with E-state index in [1.165, 1.54) is 17.3 Å². The Labute approximate surface area is 142 Å². The maximum atomic E-state index is 12.2. The first-order chi connectivity index (χ1) is 10.2. The van der Waals surface area contributed by atoms with E-state index in [1.807, 2.05) is 0 Å². The zero-order valence-electron chi connectivity index (χ0n) is 12.5. The Morgan fingerprint density at radius 1 is 1.36 bits per heavy atom. The van der Waals surface area contributed by atoms with Gasteiger partial charge in [-0.05, 0) is 37.2 Å². The van der Waals surface area contributed by atoms with Crippen LogP contribution in [0.5, 0.6) is 0 Å². The maximum absolute atomic E-state index is 12.2. The van der Waals surface area contributed by atoms with Gasteiger partial charge >= 0.3 is 0 Å². The van der Waals surface area contributed by atoms with Gasteiger partial charge in [0.2, 0.25) is 0 Å². The van der Waals surface area contributed by atoms with Crippen molar-refractivity contribution < 1.29 is 9.66 Å². The minimum Gasteiger partial charge on any atom is -0.616 e. The highest BCUT2D eigenvalue weighted by Crippen LogP contribution is 2.43. The highest BCUT2D eigenvalue weighted by atomic mass is 35.5. The van der Waals surface area contributed by atoms with Gasteiger partial charge in [0.25, 0.3) is 0 Å². The van der Waals surface area contributed by atoms with Gasteiger partial charge in [-0.2, -0.15) is 5.10 Å². The number of aromatic nitrogens is 3. The Balaban J connectivity index is 2.59. The molecule has 0 spiro atoms. The van der Waals surface area contributed by atoms with Crippen LogP contribution in [0.2, 0.25) is 10.0 Å². The highest BCUT2D eigenvalue weighted by Gasteiger charge is 2.53. The minimum absolute atomic E-state index is 0.0704. The van der Waals surface area contributed by atoms with Crippen molar-refractivity contribution in [1.29, 1.82) is 0 Å². The van der Waals surface area contributed by atoms with Crippen molar-refractivity contribution in [3.8, 4) is 0 Å². The summed E-state index contributed by atoms with van der Waals surface area (Å²) in [6, 6.07) is 4.85. The van der Waals surface area contributed by atoms with E-state index in [4.69, 9.17) is 23.2 Å². The van der Waals surface area contributed by atoms with Crippen molar-refractivity contribution in [2.45, 2.75) is 30.7 Å². The monoisotopic (exact) mass is 361 g/mol. The molecule has 22 heavy (non-hydrogen) atoms. The van der Waals surface area contributed by atoms with Gasteiger partial charge in [-0.1, -0.05) is 29.3 Å². The number of halogens is 2. The average molecular weight is 362 g/mol. The molecule has 0 bridgehead atoms. The molecule has 2 unspecified atom stereocenters. The Hall–Kier alpha value is -0.790. The fraction of sp³-hybridized carbons (Fsp3) is 0.429. The second-order valence-electron chi connectivity index (χ2n) is 5.54. The van der Waals surface area contributed by atoms with E-state index < -0.39 is 21.5 Å². The van der Waals surface area contributed by atoms with Crippen LogP contribution in [-0.2, 0) is 23.3 Å². The molecule has 8 heteroatoms. The third-order valence-electron chi connectivity index (χ3n) is 3.95. The Kier molecular flexibility index (Phi) is 5.09. The van der Waals surface area contributed by atoms with Crippen LogP contribution in [0.15, 0.2) is 30.9 Å². The molecule has 0 aliphatic carbocycles. The molecule has 2 atom stereocenters. The molecule has 1 N–H and O–H groups in total. The predicted octanol–water partition coefficient (Wildman–Crippen LogP) is 2.63. The highest BCUT2D eigenvalue weighted by molar-refractivity contribution is 7.92. The maximum Gasteiger partial charge on any atom is 0.160 e. The summed E-state index contributed by atoms with van der Waals surface area (Å²) in [7, 11) is 0. The van der Waals surface area contributed by atoms with Crippen LogP contribution < -0.4 is 0 Å². The lowest BCUT2D eigenvalue weighted by Gasteiger charge is -2.42. The van der Waals surface area contributed by atoms with Gasteiger partial charge in [-0.25, -0.2) is 9.67 Å². The van der Waals surface area contributed by atoms with Crippen molar-refractivity contribution in [2.75, 3.05) is 6.26 Å². The summed E-state index contributed by atoms with van der Waals surface area (Å²) >= 11 is 10.9. The summed E-state index contributed by atoms with van der Waals surface area (Å²) in [6.45, 7) is 3.52. The zero-order chi connectivity index (χ0) is 16.5. The lowest BCUT2D eigenvalue weighted by atomic mass is 9.82. The van der Waals surface area contributed by atoms with Gasteiger partial charge in [0.15, 0.2) is 10.3 Å². The smallest absolute Gasteiger partial charge is 0.160 e. The van der Waals surface area contributed by atoms with Crippen LogP contribution in [-0.4, -0.2) is 35.4 Å². The van der Waals surface area contributed by atoms with E-state index in [0.717, 1.165) is 0 Å². The Bertz CT molecular complexity index is 650. The Morgan fingerprint density at radius 3 is 2.55 bits per heavy atom. The number of benzene rings is 1. The zero-order valence-corrected chi connectivity index (χ0v) is 14.8. The number of hydrogen-bond donors (Lipinski definition) is 1. The van der Waals surface area contributed by atoms with Gasteiger partial charge in [-0.3, -0.25) is 0 Å². The summed E-state index contributed by atoms with van der Waals surface area (Å²) in [5, 5.41) is 16.2. The van der Waals surface area contributed by atoms with Crippen LogP contribution in [0.1, 0.15) is 19.4 Å². The molecule has 1 aromatic heterocycles. The third-order valence-corrected chi connectivity index (χ3v) is 6.27. The minimum atomic E-state index is -1.51. The first-order valence-electron chi connectivity index (χ1n) is 6.52. The van der Waals surface area contributed by atoms with Gasteiger partial charge in [0.1, 0.15) is 12.7 Å². The molecule has 0 radical (unpaired) electrons. The fourth-order valence-electron chi connectivity index (χ4n) is 2.21. The topological polar surface area (TPSA) is 74.0 Å². The molecule has 0 fully saturated rings. The number of hydrogen-bond acceptors (Lipinski definition) is 4. The van der Waals surface area contributed by atoms with Crippen molar-refractivity contribution in [3.63, 3.8) is 0 Å². The Morgan fingerprint density at radius 2 is 2.05 bits per heavy atom. The molecule has 1 aromatic carbocycles. The number of rotatable bonds is 5. The van der Waals surface area contributed by atoms with Crippen molar-refractivity contribution in [2.24, 2.45) is 0 Å². The molecule has 5 nitrogen and oxygen atoms in total. The van der Waals surface area contributed by atoms with E-state index in [1.54, 1.807) is 38.3 Å². The molecular formula is C14H17Cl2N3O2S. The summed E-state index contributed by atoms with van der Waals surface area (Å²) in [4.78, 5) is 3.87. The summed E-state index contributed by atoms with van der Waals surface area (Å²) in [5.41, 5.74) is -1.06. The van der Waals surface area contributed by atoms with Crippen molar-refractivity contribution >= 4 is 34.4 Å². The van der Waals surface area contributed by atoms with E-state index in [0.29, 0.717) is 15.6 Å². The van der Waals surface area contributed by atoms with Gasteiger partial charge in [-0.15, -0.1) is 0 Å². The third kappa shape index (κ3) is 3.12. The van der Waals surface area contributed by atoms with Crippen LogP contribution in [0.25, 0.3) is 0 Å². The second-order valence-corrected chi connectivity index (χ2v) is 8.31. The van der Waals surface area contributed by atoms with Gasteiger partial charge in [0, 0.05) is 15.6 Å². The van der Waals surface area contributed by atoms with Crippen LogP contribution >= 0.6 is 23.2 Å². The van der Waals surface area contributed by atoms with Crippen LogP contribution in [0.3, 0.4) is 0 Å². The molecule has 0 aliphatic heterocycles.